The third-order valence-corrected chi connectivity index (χ3v) is 2.85. The highest BCUT2D eigenvalue weighted by molar-refractivity contribution is 6.39. The first-order valence-electron chi connectivity index (χ1n) is 4.42. The second-order valence-corrected chi connectivity index (χ2v) is 4.52. The van der Waals surface area contributed by atoms with E-state index in [0.717, 1.165) is 5.56 Å². The minimum absolute atomic E-state index is 0.119. The number of hydrogen-bond donors (Lipinski definition) is 1. The van der Waals surface area contributed by atoms with Crippen LogP contribution < -0.4 is 5.73 Å². The number of rotatable bonds is 4. The van der Waals surface area contributed by atoms with Gasteiger partial charge in [0.2, 0.25) is 0 Å². The van der Waals surface area contributed by atoms with Crippen LogP contribution in [0.3, 0.4) is 0 Å². The summed E-state index contributed by atoms with van der Waals surface area (Å²) in [7, 11) is 1.60. The fourth-order valence-corrected chi connectivity index (χ4v) is 2.27. The molecular weight excluding hydrogens is 256 g/mol. The largest absolute Gasteiger partial charge is 0.383 e. The van der Waals surface area contributed by atoms with E-state index in [1.807, 2.05) is 0 Å². The summed E-state index contributed by atoms with van der Waals surface area (Å²) >= 11 is 17.8. The third-order valence-electron chi connectivity index (χ3n) is 1.95. The van der Waals surface area contributed by atoms with Gasteiger partial charge in [-0.05, 0) is 24.1 Å². The monoisotopic (exact) mass is 267 g/mol. The number of ether oxygens (including phenoxy) is 1. The van der Waals surface area contributed by atoms with Crippen molar-refractivity contribution in [1.82, 2.24) is 0 Å². The molecule has 1 aromatic rings. The van der Waals surface area contributed by atoms with Crippen molar-refractivity contribution in [2.75, 3.05) is 13.7 Å². The summed E-state index contributed by atoms with van der Waals surface area (Å²) in [5, 5.41) is 1.60. The predicted octanol–water partition coefficient (Wildman–Crippen LogP) is 3.16. The number of benzene rings is 1. The van der Waals surface area contributed by atoms with E-state index in [-0.39, 0.29) is 6.04 Å². The lowest BCUT2D eigenvalue weighted by atomic mass is 10.1. The molecule has 0 aromatic heterocycles. The quantitative estimate of drug-likeness (QED) is 0.910. The van der Waals surface area contributed by atoms with Crippen LogP contribution in [0, 0.1) is 0 Å². The van der Waals surface area contributed by atoms with Crippen LogP contribution in [-0.4, -0.2) is 19.8 Å². The SMILES string of the molecule is COCC(N)Cc1c(Cl)cc(Cl)cc1Cl. The molecule has 0 radical (unpaired) electrons. The Balaban J connectivity index is 2.85. The second kappa shape index (κ2) is 5.92. The van der Waals surface area contributed by atoms with Gasteiger partial charge >= 0.3 is 0 Å². The van der Waals surface area contributed by atoms with E-state index in [1.165, 1.54) is 0 Å². The molecule has 1 aromatic carbocycles. The molecule has 0 heterocycles. The van der Waals surface area contributed by atoms with Crippen LogP contribution in [-0.2, 0) is 11.2 Å². The maximum atomic E-state index is 6.01. The zero-order chi connectivity index (χ0) is 11.4. The molecular formula is C10H12Cl3NO. The molecule has 0 fully saturated rings. The van der Waals surface area contributed by atoms with E-state index in [2.05, 4.69) is 0 Å². The Labute approximate surface area is 104 Å². The second-order valence-electron chi connectivity index (χ2n) is 3.27. The first-order valence-corrected chi connectivity index (χ1v) is 5.56. The van der Waals surface area contributed by atoms with Gasteiger partial charge in [0.1, 0.15) is 0 Å². The lowest BCUT2D eigenvalue weighted by Crippen LogP contribution is -2.28. The molecule has 5 heteroatoms. The number of methoxy groups -OCH3 is 1. The lowest BCUT2D eigenvalue weighted by Gasteiger charge is -2.13. The molecule has 84 valence electrons. The molecule has 0 aliphatic carbocycles. The molecule has 15 heavy (non-hydrogen) atoms. The van der Waals surface area contributed by atoms with Gasteiger partial charge in [0.15, 0.2) is 0 Å². The van der Waals surface area contributed by atoms with Crippen LogP contribution in [0.25, 0.3) is 0 Å². The fourth-order valence-electron chi connectivity index (χ4n) is 1.30. The Hall–Kier alpha value is 0.01000. The Morgan fingerprint density at radius 1 is 1.27 bits per heavy atom. The molecule has 2 N–H and O–H groups in total. The summed E-state index contributed by atoms with van der Waals surface area (Å²) < 4.78 is 4.94. The van der Waals surface area contributed by atoms with E-state index < -0.39 is 0 Å². The third kappa shape index (κ3) is 3.82. The molecule has 0 spiro atoms. The lowest BCUT2D eigenvalue weighted by molar-refractivity contribution is 0.180. The van der Waals surface area contributed by atoms with Crippen LogP contribution in [0.15, 0.2) is 12.1 Å². The van der Waals surface area contributed by atoms with E-state index >= 15 is 0 Å². The smallest absolute Gasteiger partial charge is 0.0616 e. The first kappa shape index (κ1) is 13.1. The van der Waals surface area contributed by atoms with Gasteiger partial charge in [-0.2, -0.15) is 0 Å². The van der Waals surface area contributed by atoms with Gasteiger partial charge in [0.05, 0.1) is 6.61 Å². The Kier molecular flexibility index (Phi) is 5.16. The minimum Gasteiger partial charge on any atom is -0.383 e. The van der Waals surface area contributed by atoms with E-state index in [1.54, 1.807) is 19.2 Å². The van der Waals surface area contributed by atoms with Gasteiger partial charge in [-0.3, -0.25) is 0 Å². The highest BCUT2D eigenvalue weighted by atomic mass is 35.5. The molecule has 1 unspecified atom stereocenters. The average Bonchev–Trinajstić information content (AvgIpc) is 2.11. The first-order chi connectivity index (χ1) is 7.04. The molecule has 0 aliphatic rings. The van der Waals surface area contributed by atoms with Crippen molar-refractivity contribution in [3.8, 4) is 0 Å². The maximum Gasteiger partial charge on any atom is 0.0616 e. The van der Waals surface area contributed by atoms with E-state index in [4.69, 9.17) is 45.3 Å². The van der Waals surface area contributed by atoms with Crippen molar-refractivity contribution in [1.29, 1.82) is 0 Å². The summed E-state index contributed by atoms with van der Waals surface area (Å²) in [6.45, 7) is 0.468. The summed E-state index contributed by atoms with van der Waals surface area (Å²) in [5.74, 6) is 0. The molecule has 0 amide bonds. The summed E-state index contributed by atoms with van der Waals surface area (Å²) in [6.07, 6.45) is 0.572. The van der Waals surface area contributed by atoms with Crippen molar-refractivity contribution in [2.45, 2.75) is 12.5 Å². The summed E-state index contributed by atoms with van der Waals surface area (Å²) in [6, 6.07) is 3.19. The molecule has 0 saturated heterocycles. The van der Waals surface area contributed by atoms with Gasteiger partial charge in [-0.15, -0.1) is 0 Å². The van der Waals surface area contributed by atoms with Crippen molar-refractivity contribution in [3.05, 3.63) is 32.8 Å². The van der Waals surface area contributed by atoms with E-state index in [0.29, 0.717) is 28.1 Å². The molecule has 0 aliphatic heterocycles. The standard InChI is InChI=1S/C10H12Cl3NO/c1-15-5-7(14)4-8-9(12)2-6(11)3-10(8)13/h2-3,7H,4-5,14H2,1H3. The molecule has 0 saturated carbocycles. The van der Waals surface area contributed by atoms with Gasteiger partial charge in [-0.1, -0.05) is 34.8 Å². The molecule has 1 atom stereocenters. The van der Waals surface area contributed by atoms with Gasteiger partial charge in [0.25, 0.3) is 0 Å². The van der Waals surface area contributed by atoms with Crippen molar-refractivity contribution in [3.63, 3.8) is 0 Å². The van der Waals surface area contributed by atoms with Gasteiger partial charge < -0.3 is 10.5 Å². The Morgan fingerprint density at radius 2 is 1.80 bits per heavy atom. The van der Waals surface area contributed by atoms with Crippen molar-refractivity contribution in [2.24, 2.45) is 5.73 Å². The van der Waals surface area contributed by atoms with Crippen LogP contribution in [0.4, 0.5) is 0 Å². The fraction of sp³-hybridized carbons (Fsp3) is 0.400. The van der Waals surface area contributed by atoms with Crippen molar-refractivity contribution >= 4 is 34.8 Å². The highest BCUT2D eigenvalue weighted by Gasteiger charge is 2.11. The van der Waals surface area contributed by atoms with Crippen molar-refractivity contribution < 1.29 is 4.74 Å². The molecule has 1 rings (SSSR count). The predicted molar refractivity (Wildman–Crippen MR) is 65.0 cm³/mol. The summed E-state index contributed by atoms with van der Waals surface area (Å²) in [4.78, 5) is 0. The van der Waals surface area contributed by atoms with Crippen LogP contribution >= 0.6 is 34.8 Å². The number of hydrogen-bond acceptors (Lipinski definition) is 2. The van der Waals surface area contributed by atoms with Crippen LogP contribution in [0.5, 0.6) is 0 Å². The Bertz CT molecular complexity index is 320. The Morgan fingerprint density at radius 3 is 2.27 bits per heavy atom. The van der Waals surface area contributed by atoms with Gasteiger partial charge in [-0.25, -0.2) is 0 Å². The maximum absolute atomic E-state index is 6.01. The topological polar surface area (TPSA) is 35.2 Å². The minimum atomic E-state index is -0.119. The highest BCUT2D eigenvalue weighted by Crippen LogP contribution is 2.29. The summed E-state index contributed by atoms with van der Waals surface area (Å²) in [5.41, 5.74) is 6.63. The zero-order valence-corrected chi connectivity index (χ0v) is 10.5. The molecule has 0 bridgehead atoms. The number of nitrogens with two attached hydrogens (primary N) is 1. The molecule has 2 nitrogen and oxygen atoms in total. The normalized spacial score (nSPS) is 12.9. The van der Waals surface area contributed by atoms with Crippen LogP contribution in [0.2, 0.25) is 15.1 Å². The van der Waals surface area contributed by atoms with Crippen LogP contribution in [0.1, 0.15) is 5.56 Å². The van der Waals surface area contributed by atoms with Gasteiger partial charge in [0, 0.05) is 28.2 Å². The van der Waals surface area contributed by atoms with E-state index in [9.17, 15) is 0 Å². The average molecular weight is 269 g/mol. The zero-order valence-electron chi connectivity index (χ0n) is 8.27. The number of halogens is 3.